The lowest BCUT2D eigenvalue weighted by Crippen LogP contribution is -2.45. The molecule has 2 aliphatic carbocycles. The summed E-state index contributed by atoms with van der Waals surface area (Å²) in [5.41, 5.74) is 5.96. The van der Waals surface area contributed by atoms with Gasteiger partial charge in [-0.25, -0.2) is 0 Å². The summed E-state index contributed by atoms with van der Waals surface area (Å²) < 4.78 is 0. The molecule has 0 aliphatic heterocycles. The van der Waals surface area contributed by atoms with Gasteiger partial charge in [0.25, 0.3) is 0 Å². The Bertz CT molecular complexity index is 259. The highest BCUT2D eigenvalue weighted by Gasteiger charge is 2.38. The molecule has 0 radical (unpaired) electrons. The Labute approximate surface area is 98.4 Å². The molecule has 0 bridgehead atoms. The summed E-state index contributed by atoms with van der Waals surface area (Å²) in [7, 11) is 0. The van der Waals surface area contributed by atoms with Crippen molar-refractivity contribution in [1.82, 2.24) is 4.90 Å². The molecule has 92 valence electrons. The number of nitrogens with two attached hydrogens (primary N) is 1. The van der Waals surface area contributed by atoms with Crippen molar-refractivity contribution in [2.75, 3.05) is 0 Å². The SMILES string of the molecule is CC(C)N(C(=O)C1CCCC(N)C1)C1CC1. The Morgan fingerprint density at radius 3 is 2.44 bits per heavy atom. The third-order valence-corrected chi connectivity index (χ3v) is 3.82. The lowest BCUT2D eigenvalue weighted by Gasteiger charge is -2.34. The molecular formula is C13H24N2O. The largest absolute Gasteiger partial charge is 0.337 e. The molecule has 3 heteroatoms. The van der Waals surface area contributed by atoms with E-state index in [2.05, 4.69) is 18.7 Å². The average molecular weight is 224 g/mol. The summed E-state index contributed by atoms with van der Waals surface area (Å²) >= 11 is 0. The van der Waals surface area contributed by atoms with Gasteiger partial charge in [-0.3, -0.25) is 4.79 Å². The molecule has 2 N–H and O–H groups in total. The second-order valence-corrected chi connectivity index (χ2v) is 5.69. The molecule has 16 heavy (non-hydrogen) atoms. The van der Waals surface area contributed by atoms with Gasteiger partial charge in [0.15, 0.2) is 0 Å². The number of hydrogen-bond donors (Lipinski definition) is 1. The topological polar surface area (TPSA) is 46.3 Å². The van der Waals surface area contributed by atoms with Crippen LogP contribution in [0.25, 0.3) is 0 Å². The molecule has 0 saturated heterocycles. The van der Waals surface area contributed by atoms with Crippen molar-refractivity contribution in [1.29, 1.82) is 0 Å². The zero-order chi connectivity index (χ0) is 11.7. The Morgan fingerprint density at radius 1 is 1.25 bits per heavy atom. The number of nitrogens with zero attached hydrogens (tertiary/aromatic N) is 1. The predicted molar refractivity (Wildman–Crippen MR) is 64.9 cm³/mol. The second kappa shape index (κ2) is 4.74. The minimum atomic E-state index is 0.201. The number of rotatable bonds is 3. The van der Waals surface area contributed by atoms with Gasteiger partial charge >= 0.3 is 0 Å². The molecule has 2 unspecified atom stereocenters. The van der Waals surface area contributed by atoms with Crippen molar-refractivity contribution < 1.29 is 4.79 Å². The Kier molecular flexibility index (Phi) is 3.53. The van der Waals surface area contributed by atoms with Crippen molar-refractivity contribution >= 4 is 5.91 Å². The summed E-state index contributed by atoms with van der Waals surface area (Å²) in [5.74, 6) is 0.569. The van der Waals surface area contributed by atoms with Crippen LogP contribution in [-0.2, 0) is 4.79 Å². The molecule has 2 aliphatic rings. The summed E-state index contributed by atoms with van der Waals surface area (Å²) in [4.78, 5) is 14.6. The van der Waals surface area contributed by atoms with Gasteiger partial charge < -0.3 is 10.6 Å². The Hall–Kier alpha value is -0.570. The number of hydrogen-bond acceptors (Lipinski definition) is 2. The highest BCUT2D eigenvalue weighted by atomic mass is 16.2. The van der Waals surface area contributed by atoms with Crippen molar-refractivity contribution in [3.05, 3.63) is 0 Å². The van der Waals surface area contributed by atoms with E-state index in [9.17, 15) is 4.79 Å². The fourth-order valence-corrected chi connectivity index (χ4v) is 2.87. The summed E-state index contributed by atoms with van der Waals surface area (Å²) in [5, 5.41) is 0. The normalized spacial score (nSPS) is 30.5. The first-order valence-electron chi connectivity index (χ1n) is 6.67. The highest BCUT2D eigenvalue weighted by Crippen LogP contribution is 2.33. The third-order valence-electron chi connectivity index (χ3n) is 3.82. The molecule has 2 fully saturated rings. The van der Waals surface area contributed by atoms with E-state index in [1.165, 1.54) is 12.8 Å². The monoisotopic (exact) mass is 224 g/mol. The van der Waals surface area contributed by atoms with Crippen LogP contribution in [-0.4, -0.2) is 28.9 Å². The Balaban J connectivity index is 1.98. The van der Waals surface area contributed by atoms with E-state index in [1.807, 2.05) is 0 Å². The van der Waals surface area contributed by atoms with Gasteiger partial charge in [-0.2, -0.15) is 0 Å². The van der Waals surface area contributed by atoms with E-state index in [0.717, 1.165) is 25.7 Å². The van der Waals surface area contributed by atoms with Gasteiger partial charge in [0.05, 0.1) is 0 Å². The van der Waals surface area contributed by atoms with Gasteiger partial charge in [0.2, 0.25) is 5.91 Å². The lowest BCUT2D eigenvalue weighted by atomic mass is 9.85. The lowest BCUT2D eigenvalue weighted by molar-refractivity contribution is -0.139. The van der Waals surface area contributed by atoms with Crippen LogP contribution in [0.15, 0.2) is 0 Å². The average Bonchev–Trinajstić information content (AvgIpc) is 3.01. The maximum Gasteiger partial charge on any atom is 0.226 e. The van der Waals surface area contributed by atoms with E-state index in [0.29, 0.717) is 18.0 Å². The predicted octanol–water partition coefficient (Wildman–Crippen LogP) is 1.90. The maximum atomic E-state index is 12.4. The van der Waals surface area contributed by atoms with Crippen molar-refractivity contribution in [3.63, 3.8) is 0 Å². The van der Waals surface area contributed by atoms with Crippen molar-refractivity contribution in [2.24, 2.45) is 11.7 Å². The Morgan fingerprint density at radius 2 is 1.94 bits per heavy atom. The molecule has 2 rings (SSSR count). The van der Waals surface area contributed by atoms with Crippen molar-refractivity contribution in [3.8, 4) is 0 Å². The molecule has 0 aromatic rings. The molecule has 2 atom stereocenters. The first kappa shape index (κ1) is 11.9. The van der Waals surface area contributed by atoms with Gasteiger partial charge in [-0.05, 0) is 46.0 Å². The van der Waals surface area contributed by atoms with E-state index >= 15 is 0 Å². The van der Waals surface area contributed by atoms with Gasteiger partial charge in [-0.1, -0.05) is 6.42 Å². The standard InChI is InChI=1S/C13H24N2O/c1-9(2)15(12-6-7-12)13(16)10-4-3-5-11(14)8-10/h9-12H,3-8,14H2,1-2H3. The van der Waals surface area contributed by atoms with Crippen LogP contribution in [0.4, 0.5) is 0 Å². The van der Waals surface area contributed by atoms with Crippen LogP contribution >= 0.6 is 0 Å². The zero-order valence-corrected chi connectivity index (χ0v) is 10.5. The minimum Gasteiger partial charge on any atom is -0.337 e. The number of carbonyl (C=O) groups excluding carboxylic acids is 1. The molecule has 0 aromatic heterocycles. The second-order valence-electron chi connectivity index (χ2n) is 5.69. The van der Waals surface area contributed by atoms with Crippen molar-refractivity contribution in [2.45, 2.75) is 70.5 Å². The number of carbonyl (C=O) groups is 1. The van der Waals surface area contributed by atoms with Crippen LogP contribution in [0.1, 0.15) is 52.4 Å². The van der Waals surface area contributed by atoms with Crippen LogP contribution in [0.2, 0.25) is 0 Å². The molecule has 2 saturated carbocycles. The minimum absolute atomic E-state index is 0.201. The van der Waals surface area contributed by atoms with E-state index in [-0.39, 0.29) is 12.0 Å². The van der Waals surface area contributed by atoms with Crippen LogP contribution in [0, 0.1) is 5.92 Å². The fraction of sp³-hybridized carbons (Fsp3) is 0.923. The first-order valence-corrected chi connectivity index (χ1v) is 6.67. The van der Waals surface area contributed by atoms with Gasteiger partial charge in [0.1, 0.15) is 0 Å². The molecule has 0 spiro atoms. The summed E-state index contributed by atoms with van der Waals surface area (Å²) in [6, 6.07) is 1.12. The van der Waals surface area contributed by atoms with E-state index in [4.69, 9.17) is 5.73 Å². The van der Waals surface area contributed by atoms with E-state index < -0.39 is 0 Å². The third kappa shape index (κ3) is 2.57. The molecule has 3 nitrogen and oxygen atoms in total. The van der Waals surface area contributed by atoms with Crippen LogP contribution < -0.4 is 5.73 Å². The molecule has 0 aromatic carbocycles. The quantitative estimate of drug-likeness (QED) is 0.796. The van der Waals surface area contributed by atoms with Crippen LogP contribution in [0.3, 0.4) is 0 Å². The maximum absolute atomic E-state index is 12.4. The van der Waals surface area contributed by atoms with E-state index in [1.54, 1.807) is 0 Å². The fourth-order valence-electron chi connectivity index (χ4n) is 2.87. The highest BCUT2D eigenvalue weighted by molar-refractivity contribution is 5.80. The first-order chi connectivity index (χ1) is 7.59. The summed E-state index contributed by atoms with van der Waals surface area (Å²) in [6.45, 7) is 4.25. The smallest absolute Gasteiger partial charge is 0.226 e. The molecule has 1 amide bonds. The van der Waals surface area contributed by atoms with Gasteiger partial charge in [-0.15, -0.1) is 0 Å². The summed E-state index contributed by atoms with van der Waals surface area (Å²) in [6.07, 6.45) is 6.55. The van der Waals surface area contributed by atoms with Crippen LogP contribution in [0.5, 0.6) is 0 Å². The molecular weight excluding hydrogens is 200 g/mol. The molecule has 0 heterocycles. The van der Waals surface area contributed by atoms with Gasteiger partial charge in [0, 0.05) is 24.0 Å². The number of amides is 1. The zero-order valence-electron chi connectivity index (χ0n) is 10.5.